The smallest absolute Gasteiger partial charge is 0.245 e. The highest BCUT2D eigenvalue weighted by molar-refractivity contribution is 7.89. The summed E-state index contributed by atoms with van der Waals surface area (Å²) in [4.78, 5) is 11.9. The zero-order valence-corrected chi connectivity index (χ0v) is 14.8. The van der Waals surface area contributed by atoms with Gasteiger partial charge < -0.3 is 10.1 Å². The molecule has 124 valence electrons. The van der Waals surface area contributed by atoms with E-state index >= 15 is 0 Å². The second-order valence-corrected chi connectivity index (χ2v) is 8.00. The van der Waals surface area contributed by atoms with Crippen LogP contribution in [0.25, 0.3) is 0 Å². The van der Waals surface area contributed by atoms with Crippen molar-refractivity contribution in [3.8, 4) is 5.75 Å². The molecule has 0 aliphatic rings. The maximum absolute atomic E-state index is 12.4. The van der Waals surface area contributed by atoms with Gasteiger partial charge in [-0.3, -0.25) is 4.79 Å². The molecule has 0 saturated carbocycles. The first-order valence-electron chi connectivity index (χ1n) is 6.64. The molecule has 1 aromatic carbocycles. The van der Waals surface area contributed by atoms with Crippen molar-refractivity contribution >= 4 is 27.5 Å². The number of nitrogens with one attached hydrogen (secondary N) is 2. The Morgan fingerprint density at radius 3 is 2.41 bits per heavy atom. The fourth-order valence-electron chi connectivity index (χ4n) is 1.69. The summed E-state index contributed by atoms with van der Waals surface area (Å²) in [5.41, 5.74) is -0.454. The number of ether oxygens (including phenoxy) is 1. The number of carbonyl (C=O) groups excluding carboxylic acids is 1. The molecule has 1 amide bonds. The summed E-state index contributed by atoms with van der Waals surface area (Å²) < 4.78 is 32.2. The summed E-state index contributed by atoms with van der Waals surface area (Å²) in [5, 5.41) is 2.97. The highest BCUT2D eigenvalue weighted by Gasteiger charge is 2.27. The van der Waals surface area contributed by atoms with Crippen LogP contribution in [-0.2, 0) is 14.8 Å². The van der Waals surface area contributed by atoms with Crippen LogP contribution in [0, 0.1) is 0 Å². The molecule has 0 radical (unpaired) electrons. The minimum absolute atomic E-state index is 0.113. The average molecular weight is 349 g/mol. The van der Waals surface area contributed by atoms with E-state index in [1.807, 2.05) is 20.8 Å². The number of benzene rings is 1. The van der Waals surface area contributed by atoms with E-state index in [9.17, 15) is 13.2 Å². The molecule has 0 aliphatic carbocycles. The fraction of sp³-hybridized carbons (Fsp3) is 0.500. The van der Waals surface area contributed by atoms with E-state index in [-0.39, 0.29) is 15.7 Å². The Bertz CT molecular complexity index is 653. The van der Waals surface area contributed by atoms with Gasteiger partial charge in [-0.25, -0.2) is 8.42 Å². The number of hydrogen-bond donors (Lipinski definition) is 2. The standard InChI is InChI=1S/C14H21ClN2O4S/c1-9(13(18)16-14(2,3)4)17-22(19,20)12-8-10(15)6-7-11(12)21-5/h6-9,17H,1-5H3,(H,16,18)/t9-/m1/s1. The highest BCUT2D eigenvalue weighted by Crippen LogP contribution is 2.27. The van der Waals surface area contributed by atoms with Gasteiger partial charge in [0.1, 0.15) is 10.6 Å². The fourth-order valence-corrected chi connectivity index (χ4v) is 3.32. The van der Waals surface area contributed by atoms with Gasteiger partial charge in [-0.2, -0.15) is 4.72 Å². The Labute approximate surface area is 136 Å². The molecule has 0 aliphatic heterocycles. The molecule has 0 saturated heterocycles. The largest absolute Gasteiger partial charge is 0.495 e. The second-order valence-electron chi connectivity index (χ2n) is 5.88. The third kappa shape index (κ3) is 5.15. The van der Waals surface area contributed by atoms with Crippen LogP contribution < -0.4 is 14.8 Å². The number of amides is 1. The van der Waals surface area contributed by atoms with Crippen LogP contribution in [0.4, 0.5) is 0 Å². The van der Waals surface area contributed by atoms with Crippen LogP contribution in [0.5, 0.6) is 5.75 Å². The van der Waals surface area contributed by atoms with E-state index in [0.29, 0.717) is 0 Å². The summed E-state index contributed by atoms with van der Waals surface area (Å²) in [6.45, 7) is 6.90. The third-order valence-electron chi connectivity index (χ3n) is 2.64. The molecule has 0 unspecified atom stereocenters. The maximum Gasteiger partial charge on any atom is 0.245 e. The summed E-state index contributed by atoms with van der Waals surface area (Å²) >= 11 is 5.84. The average Bonchev–Trinajstić information content (AvgIpc) is 2.36. The second kappa shape index (κ2) is 6.85. The van der Waals surface area contributed by atoms with Crippen LogP contribution >= 0.6 is 11.6 Å². The monoisotopic (exact) mass is 348 g/mol. The normalized spacial score (nSPS) is 13.5. The van der Waals surface area contributed by atoms with Crippen molar-refractivity contribution < 1.29 is 17.9 Å². The number of methoxy groups -OCH3 is 1. The van der Waals surface area contributed by atoms with Crippen molar-refractivity contribution in [2.75, 3.05) is 7.11 Å². The number of carbonyl (C=O) groups is 1. The Balaban J connectivity index is 3.01. The minimum atomic E-state index is -3.95. The van der Waals surface area contributed by atoms with Crippen LogP contribution in [0.1, 0.15) is 27.7 Å². The molecule has 0 heterocycles. The Morgan fingerprint density at radius 1 is 1.32 bits per heavy atom. The molecule has 1 aromatic rings. The zero-order valence-electron chi connectivity index (χ0n) is 13.2. The minimum Gasteiger partial charge on any atom is -0.495 e. The summed E-state index contributed by atoms with van der Waals surface area (Å²) in [6, 6.07) is 3.32. The zero-order chi connectivity index (χ0) is 17.1. The van der Waals surface area contributed by atoms with E-state index in [1.165, 1.54) is 32.2 Å². The van der Waals surface area contributed by atoms with Gasteiger partial charge in [0.2, 0.25) is 15.9 Å². The van der Waals surface area contributed by atoms with Crippen LogP contribution in [0.2, 0.25) is 5.02 Å². The van der Waals surface area contributed by atoms with Gasteiger partial charge in [0.05, 0.1) is 13.2 Å². The quantitative estimate of drug-likeness (QED) is 0.851. The number of rotatable bonds is 5. The summed E-state index contributed by atoms with van der Waals surface area (Å²) in [6.07, 6.45) is 0. The Kier molecular flexibility index (Phi) is 5.83. The lowest BCUT2D eigenvalue weighted by atomic mass is 10.1. The van der Waals surface area contributed by atoms with Crippen LogP contribution in [0.3, 0.4) is 0 Å². The van der Waals surface area contributed by atoms with Crippen molar-refractivity contribution in [2.45, 2.75) is 44.2 Å². The molecular formula is C14H21ClN2O4S. The van der Waals surface area contributed by atoms with Gasteiger partial charge in [-0.1, -0.05) is 11.6 Å². The van der Waals surface area contributed by atoms with Crippen LogP contribution in [-0.4, -0.2) is 33.0 Å². The molecule has 22 heavy (non-hydrogen) atoms. The van der Waals surface area contributed by atoms with Gasteiger partial charge in [0, 0.05) is 10.6 Å². The van der Waals surface area contributed by atoms with E-state index in [4.69, 9.17) is 16.3 Å². The van der Waals surface area contributed by atoms with Gasteiger partial charge in [0.25, 0.3) is 0 Å². The van der Waals surface area contributed by atoms with E-state index in [2.05, 4.69) is 10.0 Å². The summed E-state index contributed by atoms with van der Waals surface area (Å²) in [5.74, 6) is -0.266. The first-order valence-corrected chi connectivity index (χ1v) is 8.50. The Hall–Kier alpha value is -1.31. The number of hydrogen-bond acceptors (Lipinski definition) is 4. The first kappa shape index (κ1) is 18.7. The molecule has 6 nitrogen and oxygen atoms in total. The van der Waals surface area contributed by atoms with Crippen molar-refractivity contribution in [1.82, 2.24) is 10.0 Å². The Morgan fingerprint density at radius 2 is 1.91 bits per heavy atom. The predicted molar refractivity (Wildman–Crippen MR) is 85.7 cm³/mol. The molecule has 1 atom stereocenters. The number of sulfonamides is 1. The van der Waals surface area contributed by atoms with Crippen molar-refractivity contribution in [1.29, 1.82) is 0 Å². The van der Waals surface area contributed by atoms with Gasteiger partial charge in [-0.05, 0) is 45.9 Å². The topological polar surface area (TPSA) is 84.5 Å². The van der Waals surface area contributed by atoms with Gasteiger partial charge >= 0.3 is 0 Å². The van der Waals surface area contributed by atoms with Crippen molar-refractivity contribution in [2.24, 2.45) is 0 Å². The van der Waals surface area contributed by atoms with Crippen molar-refractivity contribution in [3.05, 3.63) is 23.2 Å². The predicted octanol–water partition coefficient (Wildman–Crippen LogP) is 1.93. The summed E-state index contributed by atoms with van der Waals surface area (Å²) in [7, 11) is -2.59. The molecule has 0 fully saturated rings. The molecular weight excluding hydrogens is 328 g/mol. The van der Waals surface area contributed by atoms with Crippen molar-refractivity contribution in [3.63, 3.8) is 0 Å². The van der Waals surface area contributed by atoms with E-state index in [0.717, 1.165) is 0 Å². The van der Waals surface area contributed by atoms with Crippen LogP contribution in [0.15, 0.2) is 23.1 Å². The molecule has 8 heteroatoms. The molecule has 1 rings (SSSR count). The molecule has 0 aromatic heterocycles. The number of halogens is 1. The lowest BCUT2D eigenvalue weighted by Crippen LogP contribution is -2.50. The van der Waals surface area contributed by atoms with E-state index < -0.39 is 27.5 Å². The molecule has 2 N–H and O–H groups in total. The SMILES string of the molecule is COc1ccc(Cl)cc1S(=O)(=O)N[C@H](C)C(=O)NC(C)(C)C. The highest BCUT2D eigenvalue weighted by atomic mass is 35.5. The third-order valence-corrected chi connectivity index (χ3v) is 4.44. The van der Waals surface area contributed by atoms with E-state index in [1.54, 1.807) is 0 Å². The first-order chi connectivity index (χ1) is 9.96. The van der Waals surface area contributed by atoms with Gasteiger partial charge in [0.15, 0.2) is 0 Å². The lowest BCUT2D eigenvalue weighted by Gasteiger charge is -2.23. The maximum atomic E-state index is 12.4. The molecule has 0 spiro atoms. The molecule has 0 bridgehead atoms. The lowest BCUT2D eigenvalue weighted by molar-refractivity contribution is -0.123. The van der Waals surface area contributed by atoms with Gasteiger partial charge in [-0.15, -0.1) is 0 Å².